The first kappa shape index (κ1) is 15.4. The molecule has 0 heterocycles. The van der Waals surface area contributed by atoms with Gasteiger partial charge >= 0.3 is 0 Å². The predicted molar refractivity (Wildman–Crippen MR) is 78.6 cm³/mol. The molecule has 1 aromatic rings. The summed E-state index contributed by atoms with van der Waals surface area (Å²) in [5, 5.41) is 3.43. The van der Waals surface area contributed by atoms with Crippen molar-refractivity contribution in [2.75, 3.05) is 6.54 Å². The Kier molecular flexibility index (Phi) is 5.96. The van der Waals surface area contributed by atoms with Crippen molar-refractivity contribution in [3.63, 3.8) is 0 Å². The SMILES string of the molecule is CCCNC(CCC1CCCC1)c1cc(F)cc(F)c1. The van der Waals surface area contributed by atoms with Crippen LogP contribution in [-0.4, -0.2) is 6.54 Å². The van der Waals surface area contributed by atoms with Crippen LogP contribution in [-0.2, 0) is 0 Å². The summed E-state index contributed by atoms with van der Waals surface area (Å²) in [5.41, 5.74) is 0.744. The zero-order chi connectivity index (χ0) is 14.4. The summed E-state index contributed by atoms with van der Waals surface area (Å²) >= 11 is 0. The lowest BCUT2D eigenvalue weighted by atomic mass is 9.94. The van der Waals surface area contributed by atoms with Crippen molar-refractivity contribution < 1.29 is 8.78 Å². The van der Waals surface area contributed by atoms with E-state index in [9.17, 15) is 8.78 Å². The van der Waals surface area contributed by atoms with Crippen LogP contribution in [0.3, 0.4) is 0 Å². The fraction of sp³-hybridized carbons (Fsp3) is 0.647. The van der Waals surface area contributed by atoms with Gasteiger partial charge in [0.1, 0.15) is 11.6 Å². The molecule has 1 aliphatic carbocycles. The molecule has 0 radical (unpaired) electrons. The number of halogens is 2. The second-order valence-electron chi connectivity index (χ2n) is 5.94. The van der Waals surface area contributed by atoms with E-state index in [0.717, 1.165) is 43.4 Å². The first-order valence-corrected chi connectivity index (χ1v) is 7.88. The monoisotopic (exact) mass is 281 g/mol. The van der Waals surface area contributed by atoms with Crippen LogP contribution in [0.15, 0.2) is 18.2 Å². The highest BCUT2D eigenvalue weighted by Gasteiger charge is 2.19. The third-order valence-electron chi connectivity index (χ3n) is 4.27. The van der Waals surface area contributed by atoms with E-state index in [1.54, 1.807) is 0 Å². The van der Waals surface area contributed by atoms with Gasteiger partial charge in [-0.25, -0.2) is 8.78 Å². The Bertz CT molecular complexity index is 393. The molecular formula is C17H25F2N. The van der Waals surface area contributed by atoms with E-state index in [1.165, 1.54) is 37.8 Å². The van der Waals surface area contributed by atoms with E-state index in [-0.39, 0.29) is 6.04 Å². The van der Waals surface area contributed by atoms with E-state index < -0.39 is 11.6 Å². The molecule has 1 saturated carbocycles. The average molecular weight is 281 g/mol. The first-order chi connectivity index (χ1) is 9.69. The minimum Gasteiger partial charge on any atom is -0.310 e. The van der Waals surface area contributed by atoms with Crippen LogP contribution in [0.4, 0.5) is 8.78 Å². The van der Waals surface area contributed by atoms with Gasteiger partial charge < -0.3 is 5.32 Å². The smallest absolute Gasteiger partial charge is 0.126 e. The van der Waals surface area contributed by atoms with Gasteiger partial charge in [-0.15, -0.1) is 0 Å². The van der Waals surface area contributed by atoms with Crippen LogP contribution in [0, 0.1) is 17.6 Å². The van der Waals surface area contributed by atoms with Crippen molar-refractivity contribution in [2.24, 2.45) is 5.92 Å². The van der Waals surface area contributed by atoms with Crippen molar-refractivity contribution in [1.82, 2.24) is 5.32 Å². The van der Waals surface area contributed by atoms with Gasteiger partial charge in [-0.1, -0.05) is 32.6 Å². The van der Waals surface area contributed by atoms with Crippen LogP contribution in [0.25, 0.3) is 0 Å². The third kappa shape index (κ3) is 4.55. The molecule has 1 N–H and O–H groups in total. The van der Waals surface area contributed by atoms with Gasteiger partial charge in [-0.2, -0.15) is 0 Å². The van der Waals surface area contributed by atoms with E-state index in [1.807, 2.05) is 0 Å². The molecule has 1 nitrogen and oxygen atoms in total. The van der Waals surface area contributed by atoms with Gasteiger partial charge in [0.15, 0.2) is 0 Å². The largest absolute Gasteiger partial charge is 0.310 e. The van der Waals surface area contributed by atoms with E-state index in [2.05, 4.69) is 12.2 Å². The summed E-state index contributed by atoms with van der Waals surface area (Å²) in [7, 11) is 0. The first-order valence-electron chi connectivity index (χ1n) is 7.88. The van der Waals surface area contributed by atoms with Crippen molar-refractivity contribution in [3.8, 4) is 0 Å². The molecule has 2 rings (SSSR count). The quantitative estimate of drug-likeness (QED) is 0.743. The van der Waals surface area contributed by atoms with Gasteiger partial charge in [0, 0.05) is 12.1 Å². The molecule has 3 heteroatoms. The molecule has 1 unspecified atom stereocenters. The lowest BCUT2D eigenvalue weighted by Gasteiger charge is -2.21. The summed E-state index contributed by atoms with van der Waals surface area (Å²) in [6.07, 6.45) is 8.46. The molecule has 112 valence electrons. The van der Waals surface area contributed by atoms with Crippen LogP contribution >= 0.6 is 0 Å². The third-order valence-corrected chi connectivity index (χ3v) is 4.27. The van der Waals surface area contributed by atoms with Crippen molar-refractivity contribution in [3.05, 3.63) is 35.4 Å². The second-order valence-corrected chi connectivity index (χ2v) is 5.94. The van der Waals surface area contributed by atoms with E-state index in [0.29, 0.717) is 0 Å². The highest BCUT2D eigenvalue weighted by molar-refractivity contribution is 5.21. The predicted octanol–water partition coefficient (Wildman–Crippen LogP) is 4.98. The van der Waals surface area contributed by atoms with Gasteiger partial charge in [-0.3, -0.25) is 0 Å². The van der Waals surface area contributed by atoms with Crippen LogP contribution in [0.2, 0.25) is 0 Å². The Morgan fingerprint density at radius 3 is 2.40 bits per heavy atom. The zero-order valence-electron chi connectivity index (χ0n) is 12.3. The van der Waals surface area contributed by atoms with E-state index in [4.69, 9.17) is 0 Å². The zero-order valence-corrected chi connectivity index (χ0v) is 12.3. The molecule has 1 atom stereocenters. The number of hydrogen-bond acceptors (Lipinski definition) is 1. The number of nitrogens with one attached hydrogen (secondary N) is 1. The van der Waals surface area contributed by atoms with E-state index >= 15 is 0 Å². The van der Waals surface area contributed by atoms with Crippen molar-refractivity contribution in [2.45, 2.75) is 57.9 Å². The second kappa shape index (κ2) is 7.72. The fourth-order valence-electron chi connectivity index (χ4n) is 3.18. The minimum atomic E-state index is -0.482. The molecule has 0 spiro atoms. The highest BCUT2D eigenvalue weighted by Crippen LogP contribution is 2.31. The van der Waals surface area contributed by atoms with Crippen LogP contribution in [0.1, 0.15) is 63.5 Å². The summed E-state index contributed by atoms with van der Waals surface area (Å²) in [6, 6.07) is 3.94. The van der Waals surface area contributed by atoms with Crippen molar-refractivity contribution in [1.29, 1.82) is 0 Å². The highest BCUT2D eigenvalue weighted by atomic mass is 19.1. The molecule has 0 aromatic heterocycles. The Morgan fingerprint density at radius 2 is 1.80 bits per heavy atom. The maximum Gasteiger partial charge on any atom is 0.126 e. The Balaban J connectivity index is 2.00. The summed E-state index contributed by atoms with van der Waals surface area (Å²) in [5.74, 6) is -0.160. The summed E-state index contributed by atoms with van der Waals surface area (Å²) in [6.45, 7) is 2.99. The Hall–Kier alpha value is -0.960. The number of rotatable bonds is 7. The van der Waals surface area contributed by atoms with Gasteiger partial charge in [-0.05, 0) is 49.4 Å². The standard InChI is InChI=1S/C17H25F2N/c1-2-9-20-17(8-7-13-5-3-4-6-13)14-10-15(18)12-16(19)11-14/h10-13,17,20H,2-9H2,1H3. The topological polar surface area (TPSA) is 12.0 Å². The Morgan fingerprint density at radius 1 is 1.15 bits per heavy atom. The molecule has 0 aliphatic heterocycles. The molecule has 1 fully saturated rings. The molecule has 0 amide bonds. The average Bonchev–Trinajstić information content (AvgIpc) is 2.91. The summed E-state index contributed by atoms with van der Waals surface area (Å²) < 4.78 is 26.8. The van der Waals surface area contributed by atoms with Crippen LogP contribution < -0.4 is 5.32 Å². The Labute approximate surface area is 120 Å². The van der Waals surface area contributed by atoms with Gasteiger partial charge in [0.05, 0.1) is 0 Å². The lowest BCUT2D eigenvalue weighted by Crippen LogP contribution is -2.23. The minimum absolute atomic E-state index is 0.0701. The van der Waals surface area contributed by atoms with Gasteiger partial charge in [0.2, 0.25) is 0 Å². The number of hydrogen-bond donors (Lipinski definition) is 1. The molecule has 1 aromatic carbocycles. The fourth-order valence-corrected chi connectivity index (χ4v) is 3.18. The normalized spacial score (nSPS) is 17.6. The molecular weight excluding hydrogens is 256 g/mol. The molecule has 1 aliphatic rings. The molecule has 0 bridgehead atoms. The maximum atomic E-state index is 13.4. The lowest BCUT2D eigenvalue weighted by molar-refractivity contribution is 0.409. The molecule has 20 heavy (non-hydrogen) atoms. The number of benzene rings is 1. The summed E-state index contributed by atoms with van der Waals surface area (Å²) in [4.78, 5) is 0. The van der Waals surface area contributed by atoms with Crippen molar-refractivity contribution >= 4 is 0 Å². The van der Waals surface area contributed by atoms with Gasteiger partial charge in [0.25, 0.3) is 0 Å². The molecule has 0 saturated heterocycles. The maximum absolute atomic E-state index is 13.4. The van der Waals surface area contributed by atoms with Crippen LogP contribution in [0.5, 0.6) is 0 Å².